The van der Waals surface area contributed by atoms with Gasteiger partial charge in [0.1, 0.15) is 11.8 Å². The summed E-state index contributed by atoms with van der Waals surface area (Å²) in [5, 5.41) is 0. The molecule has 23 heavy (non-hydrogen) atoms. The molecule has 1 heterocycles. The molecule has 0 N–H and O–H groups in total. The number of carbonyl (C=O) groups is 2. The summed E-state index contributed by atoms with van der Waals surface area (Å²) in [6, 6.07) is 7.50. The number of para-hydroxylation sites is 1. The molecule has 2 amide bonds. The van der Waals surface area contributed by atoms with Crippen molar-refractivity contribution in [1.82, 2.24) is 14.7 Å². The van der Waals surface area contributed by atoms with E-state index >= 15 is 0 Å². The second kappa shape index (κ2) is 7.46. The molecule has 6 heteroatoms. The fourth-order valence-electron chi connectivity index (χ4n) is 2.88. The SMILES string of the molecule is COc1ccccc1CN1CCN(C(C)=O)C[C@@H]1C(=O)N(C)C. The predicted octanol–water partition coefficient (Wildman–Crippen LogP) is 0.816. The first-order valence-corrected chi connectivity index (χ1v) is 7.76. The van der Waals surface area contributed by atoms with E-state index in [4.69, 9.17) is 4.74 Å². The van der Waals surface area contributed by atoms with Crippen LogP contribution in [-0.4, -0.2) is 73.4 Å². The molecule has 1 saturated heterocycles. The Balaban J connectivity index is 2.21. The van der Waals surface area contributed by atoms with E-state index in [0.717, 1.165) is 11.3 Å². The molecule has 1 aromatic carbocycles. The van der Waals surface area contributed by atoms with E-state index in [1.807, 2.05) is 24.3 Å². The van der Waals surface area contributed by atoms with Crippen molar-refractivity contribution < 1.29 is 14.3 Å². The predicted molar refractivity (Wildman–Crippen MR) is 88.1 cm³/mol. The molecule has 1 atom stereocenters. The Hall–Kier alpha value is -2.08. The number of hydrogen-bond acceptors (Lipinski definition) is 4. The third kappa shape index (κ3) is 4.01. The largest absolute Gasteiger partial charge is 0.496 e. The van der Waals surface area contributed by atoms with E-state index in [2.05, 4.69) is 4.90 Å². The average molecular weight is 319 g/mol. The van der Waals surface area contributed by atoms with Gasteiger partial charge in [-0.25, -0.2) is 0 Å². The van der Waals surface area contributed by atoms with Crippen molar-refractivity contribution in [2.24, 2.45) is 0 Å². The lowest BCUT2D eigenvalue weighted by Gasteiger charge is -2.41. The molecule has 0 radical (unpaired) electrons. The Morgan fingerprint density at radius 3 is 2.57 bits per heavy atom. The molecule has 0 unspecified atom stereocenters. The van der Waals surface area contributed by atoms with Crippen LogP contribution in [0.3, 0.4) is 0 Å². The number of carbonyl (C=O) groups excluding carboxylic acids is 2. The molecule has 0 aliphatic carbocycles. The van der Waals surface area contributed by atoms with Gasteiger partial charge in [0.15, 0.2) is 0 Å². The number of likely N-dealkylation sites (N-methyl/N-ethyl adjacent to an activating group) is 1. The Kier molecular flexibility index (Phi) is 5.60. The molecule has 6 nitrogen and oxygen atoms in total. The van der Waals surface area contributed by atoms with Gasteiger partial charge in [0.25, 0.3) is 0 Å². The third-order valence-electron chi connectivity index (χ3n) is 4.23. The summed E-state index contributed by atoms with van der Waals surface area (Å²) in [4.78, 5) is 29.7. The maximum Gasteiger partial charge on any atom is 0.241 e. The van der Waals surface area contributed by atoms with E-state index in [1.54, 1.807) is 37.9 Å². The van der Waals surface area contributed by atoms with Crippen molar-refractivity contribution >= 4 is 11.8 Å². The van der Waals surface area contributed by atoms with Crippen LogP contribution in [0.15, 0.2) is 24.3 Å². The number of rotatable bonds is 4. The second-order valence-corrected chi connectivity index (χ2v) is 6.00. The first-order valence-electron chi connectivity index (χ1n) is 7.76. The molecule has 0 aromatic heterocycles. The number of hydrogen-bond donors (Lipinski definition) is 0. The number of piperazine rings is 1. The van der Waals surface area contributed by atoms with Gasteiger partial charge in [-0.3, -0.25) is 14.5 Å². The molecular weight excluding hydrogens is 294 g/mol. The molecule has 1 aromatic rings. The van der Waals surface area contributed by atoms with Gasteiger partial charge in [-0.2, -0.15) is 0 Å². The average Bonchev–Trinajstić information content (AvgIpc) is 2.54. The van der Waals surface area contributed by atoms with Crippen LogP contribution in [0.2, 0.25) is 0 Å². The fraction of sp³-hybridized carbons (Fsp3) is 0.529. The first kappa shape index (κ1) is 17.3. The summed E-state index contributed by atoms with van der Waals surface area (Å²) < 4.78 is 5.40. The smallest absolute Gasteiger partial charge is 0.241 e. The van der Waals surface area contributed by atoms with E-state index in [9.17, 15) is 9.59 Å². The molecule has 1 aliphatic rings. The molecule has 1 fully saturated rings. The van der Waals surface area contributed by atoms with Gasteiger partial charge in [0.05, 0.1) is 7.11 Å². The van der Waals surface area contributed by atoms with Gasteiger partial charge in [-0.05, 0) is 6.07 Å². The van der Waals surface area contributed by atoms with Gasteiger partial charge in [0.2, 0.25) is 11.8 Å². The number of benzene rings is 1. The van der Waals surface area contributed by atoms with E-state index in [1.165, 1.54) is 0 Å². The molecule has 126 valence electrons. The van der Waals surface area contributed by atoms with Crippen LogP contribution in [0, 0.1) is 0 Å². The minimum atomic E-state index is -0.326. The van der Waals surface area contributed by atoms with Crippen LogP contribution in [0.5, 0.6) is 5.75 Å². The fourth-order valence-corrected chi connectivity index (χ4v) is 2.88. The number of nitrogens with zero attached hydrogens (tertiary/aromatic N) is 3. The van der Waals surface area contributed by atoms with Crippen LogP contribution >= 0.6 is 0 Å². The molecule has 0 saturated carbocycles. The summed E-state index contributed by atoms with van der Waals surface area (Å²) in [6.07, 6.45) is 0. The highest BCUT2D eigenvalue weighted by Gasteiger charge is 2.34. The summed E-state index contributed by atoms with van der Waals surface area (Å²) in [5.41, 5.74) is 1.04. The topological polar surface area (TPSA) is 53.1 Å². The lowest BCUT2D eigenvalue weighted by atomic mass is 10.1. The van der Waals surface area contributed by atoms with Crippen LogP contribution in [-0.2, 0) is 16.1 Å². The van der Waals surface area contributed by atoms with Crippen molar-refractivity contribution in [3.8, 4) is 5.75 Å². The van der Waals surface area contributed by atoms with Crippen LogP contribution in [0.4, 0.5) is 0 Å². The zero-order valence-corrected chi connectivity index (χ0v) is 14.3. The number of amides is 2. The molecule has 2 rings (SSSR count). The lowest BCUT2D eigenvalue weighted by Crippen LogP contribution is -2.59. The third-order valence-corrected chi connectivity index (χ3v) is 4.23. The van der Waals surface area contributed by atoms with E-state index in [-0.39, 0.29) is 17.9 Å². The first-order chi connectivity index (χ1) is 10.9. The minimum absolute atomic E-state index is 0.0125. The molecule has 0 spiro atoms. The zero-order valence-electron chi connectivity index (χ0n) is 14.3. The van der Waals surface area contributed by atoms with Gasteiger partial charge < -0.3 is 14.5 Å². The van der Waals surface area contributed by atoms with Crippen molar-refractivity contribution in [3.63, 3.8) is 0 Å². The van der Waals surface area contributed by atoms with Crippen LogP contribution in [0.25, 0.3) is 0 Å². The Bertz CT molecular complexity index is 574. The Morgan fingerprint density at radius 1 is 1.26 bits per heavy atom. The summed E-state index contributed by atoms with van der Waals surface area (Å²) in [6.45, 7) is 3.91. The van der Waals surface area contributed by atoms with E-state index < -0.39 is 0 Å². The normalized spacial score (nSPS) is 18.6. The summed E-state index contributed by atoms with van der Waals surface area (Å²) in [5.74, 6) is 0.849. The monoisotopic (exact) mass is 319 g/mol. The maximum absolute atomic E-state index is 12.5. The minimum Gasteiger partial charge on any atom is -0.496 e. The number of ether oxygens (including phenoxy) is 1. The molecular formula is C17H25N3O3. The van der Waals surface area contributed by atoms with Crippen molar-refractivity contribution in [3.05, 3.63) is 29.8 Å². The highest BCUT2D eigenvalue weighted by atomic mass is 16.5. The van der Waals surface area contributed by atoms with Crippen molar-refractivity contribution in [2.75, 3.05) is 40.8 Å². The summed E-state index contributed by atoms with van der Waals surface area (Å²) >= 11 is 0. The van der Waals surface area contributed by atoms with E-state index in [0.29, 0.717) is 26.2 Å². The standard InChI is InChI=1S/C17H25N3O3/c1-13(21)19-9-10-20(15(12-19)17(22)18(2)3)11-14-7-5-6-8-16(14)23-4/h5-8,15H,9-12H2,1-4H3/t15-/m1/s1. The van der Waals surface area contributed by atoms with Gasteiger partial charge in [0, 0.05) is 52.8 Å². The zero-order chi connectivity index (χ0) is 17.0. The summed E-state index contributed by atoms with van der Waals surface area (Å²) in [7, 11) is 5.14. The van der Waals surface area contributed by atoms with Crippen LogP contribution < -0.4 is 4.74 Å². The van der Waals surface area contributed by atoms with Gasteiger partial charge in [-0.15, -0.1) is 0 Å². The van der Waals surface area contributed by atoms with Crippen molar-refractivity contribution in [1.29, 1.82) is 0 Å². The maximum atomic E-state index is 12.5. The molecule has 1 aliphatic heterocycles. The van der Waals surface area contributed by atoms with Crippen molar-refractivity contribution in [2.45, 2.75) is 19.5 Å². The Morgan fingerprint density at radius 2 is 1.96 bits per heavy atom. The van der Waals surface area contributed by atoms with Gasteiger partial charge >= 0.3 is 0 Å². The molecule has 0 bridgehead atoms. The number of methoxy groups -OCH3 is 1. The highest BCUT2D eigenvalue weighted by Crippen LogP contribution is 2.22. The van der Waals surface area contributed by atoms with Crippen LogP contribution in [0.1, 0.15) is 12.5 Å². The van der Waals surface area contributed by atoms with Gasteiger partial charge in [-0.1, -0.05) is 18.2 Å². The quantitative estimate of drug-likeness (QED) is 0.824. The Labute approximate surface area is 137 Å². The second-order valence-electron chi connectivity index (χ2n) is 6.00. The lowest BCUT2D eigenvalue weighted by molar-refractivity contribution is -0.141. The highest BCUT2D eigenvalue weighted by molar-refractivity contribution is 5.83.